The van der Waals surface area contributed by atoms with Crippen molar-refractivity contribution in [1.82, 2.24) is 19.3 Å². The van der Waals surface area contributed by atoms with Gasteiger partial charge in [-0.2, -0.15) is 0 Å². The zero-order valence-electron chi connectivity index (χ0n) is 18.3. The number of ether oxygens (including phenoxy) is 1. The Morgan fingerprint density at radius 3 is 2.73 bits per heavy atom. The zero-order chi connectivity index (χ0) is 23.4. The largest absolute Gasteiger partial charge is 0.384 e. The van der Waals surface area contributed by atoms with E-state index in [1.807, 2.05) is 24.3 Å². The summed E-state index contributed by atoms with van der Waals surface area (Å²) in [6, 6.07) is 14.5. The Bertz CT molecular complexity index is 1390. The second kappa shape index (κ2) is 10.2. The summed E-state index contributed by atoms with van der Waals surface area (Å²) < 4.78 is 35.9. The maximum Gasteiger partial charge on any atom is 0.240 e. The number of halogens is 1. The van der Waals surface area contributed by atoms with Gasteiger partial charge < -0.3 is 15.0 Å². The Morgan fingerprint density at radius 1 is 1.12 bits per heavy atom. The van der Waals surface area contributed by atoms with Gasteiger partial charge in [-0.25, -0.2) is 23.1 Å². The standard InChI is InChI=1S/C23H26BrN5O3S/c1-32-14-11-20-28-21-22(18-9-2-3-10-19(18)27-23(21)25)29(20)13-5-4-12-26-33(30,31)17-8-6-7-16(24)15-17/h2-3,6-10,15,26H,4-5,11-14H2,1H3,(H2,25,27). The topological polar surface area (TPSA) is 112 Å². The number of aryl methyl sites for hydroxylation is 1. The van der Waals surface area contributed by atoms with E-state index >= 15 is 0 Å². The van der Waals surface area contributed by atoms with Gasteiger partial charge in [0.15, 0.2) is 5.82 Å². The molecule has 0 unspecified atom stereocenters. The Morgan fingerprint density at radius 2 is 1.94 bits per heavy atom. The number of rotatable bonds is 10. The summed E-state index contributed by atoms with van der Waals surface area (Å²) in [7, 11) is -1.88. The third kappa shape index (κ3) is 5.19. The lowest BCUT2D eigenvalue weighted by atomic mass is 10.2. The van der Waals surface area contributed by atoms with Crippen molar-refractivity contribution < 1.29 is 13.2 Å². The van der Waals surface area contributed by atoms with E-state index in [1.165, 1.54) is 0 Å². The summed E-state index contributed by atoms with van der Waals surface area (Å²) in [5, 5.41) is 0.994. The highest BCUT2D eigenvalue weighted by atomic mass is 79.9. The minimum atomic E-state index is -3.55. The van der Waals surface area contributed by atoms with Gasteiger partial charge in [-0.1, -0.05) is 40.2 Å². The van der Waals surface area contributed by atoms with Crippen LogP contribution < -0.4 is 10.5 Å². The third-order valence-electron chi connectivity index (χ3n) is 5.43. The number of unbranched alkanes of at least 4 members (excludes halogenated alkanes) is 1. The first-order valence-electron chi connectivity index (χ1n) is 10.7. The molecule has 0 saturated carbocycles. The Kier molecular flexibility index (Phi) is 7.28. The molecular formula is C23H26BrN5O3S. The van der Waals surface area contributed by atoms with E-state index in [4.69, 9.17) is 15.5 Å². The lowest BCUT2D eigenvalue weighted by Crippen LogP contribution is -2.25. The van der Waals surface area contributed by atoms with Crippen molar-refractivity contribution in [2.45, 2.75) is 30.7 Å². The number of imidazole rings is 1. The molecule has 2 aromatic heterocycles. The number of sulfonamides is 1. The maximum atomic E-state index is 12.5. The van der Waals surface area contributed by atoms with E-state index in [0.717, 1.165) is 33.1 Å². The first-order chi connectivity index (χ1) is 15.9. The van der Waals surface area contributed by atoms with Crippen molar-refractivity contribution in [3.8, 4) is 0 Å². The van der Waals surface area contributed by atoms with Gasteiger partial charge in [0.25, 0.3) is 0 Å². The molecule has 4 aromatic rings. The molecule has 2 heterocycles. The summed E-state index contributed by atoms with van der Waals surface area (Å²) in [6.45, 7) is 1.57. The van der Waals surface area contributed by atoms with Crippen LogP contribution in [0.4, 0.5) is 5.82 Å². The van der Waals surface area contributed by atoms with E-state index < -0.39 is 10.0 Å². The summed E-state index contributed by atoms with van der Waals surface area (Å²) >= 11 is 3.31. The molecule has 10 heteroatoms. The molecule has 0 spiro atoms. The van der Waals surface area contributed by atoms with Gasteiger partial charge in [-0.15, -0.1) is 0 Å². The fourth-order valence-corrected chi connectivity index (χ4v) is 5.52. The number of benzene rings is 2. The molecule has 0 fully saturated rings. The molecule has 0 radical (unpaired) electrons. The van der Waals surface area contributed by atoms with Crippen molar-refractivity contribution in [3.05, 3.63) is 58.8 Å². The molecular weight excluding hydrogens is 506 g/mol. The lowest BCUT2D eigenvalue weighted by Gasteiger charge is -2.11. The van der Waals surface area contributed by atoms with Gasteiger partial charge in [-0.3, -0.25) is 0 Å². The monoisotopic (exact) mass is 531 g/mol. The molecule has 4 rings (SSSR count). The Labute approximate surface area is 201 Å². The summed E-state index contributed by atoms with van der Waals surface area (Å²) in [5.74, 6) is 1.29. The Hall–Kier alpha value is -2.53. The second-order valence-corrected chi connectivity index (χ2v) is 10.4. The highest BCUT2D eigenvalue weighted by molar-refractivity contribution is 9.10. The molecule has 2 aromatic carbocycles. The second-order valence-electron chi connectivity index (χ2n) is 7.70. The van der Waals surface area contributed by atoms with E-state index in [2.05, 4.69) is 30.2 Å². The van der Waals surface area contributed by atoms with Gasteiger partial charge >= 0.3 is 0 Å². The summed E-state index contributed by atoms with van der Waals surface area (Å²) in [5.41, 5.74) is 8.70. The number of hydrogen-bond donors (Lipinski definition) is 2. The number of nitrogens with two attached hydrogens (primary N) is 1. The summed E-state index contributed by atoms with van der Waals surface area (Å²) in [6.07, 6.45) is 2.09. The van der Waals surface area contributed by atoms with Crippen molar-refractivity contribution in [3.63, 3.8) is 0 Å². The van der Waals surface area contributed by atoms with Crippen LogP contribution in [0.1, 0.15) is 18.7 Å². The van der Waals surface area contributed by atoms with Crippen molar-refractivity contribution in [1.29, 1.82) is 0 Å². The van der Waals surface area contributed by atoms with Crippen molar-refractivity contribution >= 4 is 53.7 Å². The fourth-order valence-electron chi connectivity index (χ4n) is 3.85. The van der Waals surface area contributed by atoms with E-state index in [9.17, 15) is 8.42 Å². The average molecular weight is 532 g/mol. The molecule has 0 aliphatic heterocycles. The van der Waals surface area contributed by atoms with Crippen molar-refractivity contribution in [2.75, 3.05) is 26.0 Å². The van der Waals surface area contributed by atoms with Gasteiger partial charge in [0.2, 0.25) is 10.0 Å². The van der Waals surface area contributed by atoms with Crippen LogP contribution in [-0.4, -0.2) is 43.2 Å². The average Bonchev–Trinajstić information content (AvgIpc) is 3.17. The third-order valence-corrected chi connectivity index (χ3v) is 7.38. The van der Waals surface area contributed by atoms with Crippen LogP contribution in [0, 0.1) is 0 Å². The molecule has 0 aliphatic carbocycles. The number of methoxy groups -OCH3 is 1. The first kappa shape index (κ1) is 23.6. The SMILES string of the molecule is COCCc1nc2c(N)nc3ccccc3c2n1CCCCNS(=O)(=O)c1cccc(Br)c1. The van der Waals surface area contributed by atoms with Crippen molar-refractivity contribution in [2.24, 2.45) is 0 Å². The highest BCUT2D eigenvalue weighted by Crippen LogP contribution is 2.29. The van der Waals surface area contributed by atoms with Gasteiger partial charge in [0, 0.05) is 36.5 Å². The summed E-state index contributed by atoms with van der Waals surface area (Å²) in [4.78, 5) is 9.51. The van der Waals surface area contributed by atoms with E-state index in [-0.39, 0.29) is 4.90 Å². The number of anilines is 1. The molecule has 0 aliphatic rings. The van der Waals surface area contributed by atoms with Crippen LogP contribution in [-0.2, 0) is 27.7 Å². The zero-order valence-corrected chi connectivity index (χ0v) is 20.7. The minimum absolute atomic E-state index is 0.244. The molecule has 33 heavy (non-hydrogen) atoms. The van der Waals surface area contributed by atoms with Crippen LogP contribution in [0.3, 0.4) is 0 Å². The predicted octanol–water partition coefficient (Wildman–Crippen LogP) is 3.88. The van der Waals surface area contributed by atoms with E-state index in [1.54, 1.807) is 31.4 Å². The number of nitrogens with zero attached hydrogens (tertiary/aromatic N) is 3. The van der Waals surface area contributed by atoms with Gasteiger partial charge in [0.05, 0.1) is 22.5 Å². The van der Waals surface area contributed by atoms with Crippen LogP contribution in [0.2, 0.25) is 0 Å². The van der Waals surface area contributed by atoms with Gasteiger partial charge in [0.1, 0.15) is 11.3 Å². The molecule has 8 nitrogen and oxygen atoms in total. The van der Waals surface area contributed by atoms with Crippen LogP contribution in [0.25, 0.3) is 21.9 Å². The predicted molar refractivity (Wildman–Crippen MR) is 134 cm³/mol. The number of para-hydroxylation sites is 1. The number of nitrogens with one attached hydrogen (secondary N) is 1. The molecule has 0 saturated heterocycles. The number of fused-ring (bicyclic) bond motifs is 3. The molecule has 0 bridgehead atoms. The number of pyridine rings is 1. The molecule has 174 valence electrons. The quantitative estimate of drug-likeness (QED) is 0.300. The smallest absolute Gasteiger partial charge is 0.240 e. The molecule has 3 N–H and O–H groups in total. The number of hydrogen-bond acceptors (Lipinski definition) is 6. The first-order valence-corrected chi connectivity index (χ1v) is 13.0. The normalized spacial score (nSPS) is 12.1. The van der Waals surface area contributed by atoms with Crippen LogP contribution >= 0.6 is 15.9 Å². The number of nitrogen functional groups attached to an aromatic ring is 1. The fraction of sp³-hybridized carbons (Fsp3) is 0.304. The minimum Gasteiger partial charge on any atom is -0.384 e. The Balaban J connectivity index is 1.52. The molecule has 0 amide bonds. The highest BCUT2D eigenvalue weighted by Gasteiger charge is 2.17. The lowest BCUT2D eigenvalue weighted by molar-refractivity contribution is 0.199. The number of aromatic nitrogens is 3. The van der Waals surface area contributed by atoms with Gasteiger partial charge in [-0.05, 0) is 37.1 Å². The van der Waals surface area contributed by atoms with Crippen LogP contribution in [0.15, 0.2) is 57.9 Å². The van der Waals surface area contributed by atoms with Crippen LogP contribution in [0.5, 0.6) is 0 Å². The molecule has 0 atom stereocenters. The maximum absolute atomic E-state index is 12.5. The van der Waals surface area contributed by atoms with E-state index in [0.29, 0.717) is 43.9 Å².